The van der Waals surface area contributed by atoms with Gasteiger partial charge in [0.25, 0.3) is 11.2 Å². The highest BCUT2D eigenvalue weighted by molar-refractivity contribution is 7.98. The zero-order valence-corrected chi connectivity index (χ0v) is 15.8. The summed E-state index contributed by atoms with van der Waals surface area (Å²) in [5, 5.41) is 11.7. The summed E-state index contributed by atoms with van der Waals surface area (Å²) in [7, 11) is 0. The Bertz CT molecular complexity index is 1270. The van der Waals surface area contributed by atoms with Crippen molar-refractivity contribution in [2.75, 3.05) is 0 Å². The van der Waals surface area contributed by atoms with E-state index in [4.69, 9.17) is 0 Å². The number of hydrogen-bond donors (Lipinski definition) is 0. The summed E-state index contributed by atoms with van der Waals surface area (Å²) < 4.78 is 15.2. The van der Waals surface area contributed by atoms with Gasteiger partial charge in [0, 0.05) is 17.9 Å². The largest absolute Gasteiger partial charge is 0.269 e. The molecule has 0 atom stereocenters. The fourth-order valence-electron chi connectivity index (χ4n) is 2.91. The second kappa shape index (κ2) is 7.84. The van der Waals surface area contributed by atoms with Gasteiger partial charge in [-0.2, -0.15) is 0 Å². The second-order valence-electron chi connectivity index (χ2n) is 6.24. The first-order chi connectivity index (χ1) is 14.0. The van der Waals surface area contributed by atoms with E-state index in [2.05, 4.69) is 4.98 Å². The number of halogens is 1. The van der Waals surface area contributed by atoms with Crippen LogP contribution >= 0.6 is 11.8 Å². The summed E-state index contributed by atoms with van der Waals surface area (Å²) in [6.45, 7) is 0. The Labute approximate surface area is 168 Å². The van der Waals surface area contributed by atoms with Crippen LogP contribution in [0.1, 0.15) is 5.56 Å². The van der Waals surface area contributed by atoms with Crippen molar-refractivity contribution in [2.45, 2.75) is 10.9 Å². The molecule has 0 fully saturated rings. The number of nitrogens with zero attached hydrogens (tertiary/aromatic N) is 3. The average molecular weight is 407 g/mol. The molecule has 1 aromatic heterocycles. The van der Waals surface area contributed by atoms with Gasteiger partial charge in [0.1, 0.15) is 5.82 Å². The maximum absolute atomic E-state index is 13.8. The summed E-state index contributed by atoms with van der Waals surface area (Å²) in [6.07, 6.45) is 0. The number of nitro groups is 1. The normalized spacial score (nSPS) is 10.9. The van der Waals surface area contributed by atoms with Gasteiger partial charge in [0.2, 0.25) is 0 Å². The molecular weight excluding hydrogens is 393 g/mol. The van der Waals surface area contributed by atoms with Crippen molar-refractivity contribution in [3.63, 3.8) is 0 Å². The van der Waals surface area contributed by atoms with Crippen molar-refractivity contribution in [1.82, 2.24) is 9.55 Å². The fraction of sp³-hybridized carbons (Fsp3) is 0.0476. The molecule has 8 heteroatoms. The number of benzene rings is 3. The minimum Gasteiger partial charge on any atom is -0.268 e. The zero-order chi connectivity index (χ0) is 20.4. The number of rotatable bonds is 5. The third-order valence-corrected chi connectivity index (χ3v) is 5.34. The van der Waals surface area contributed by atoms with Gasteiger partial charge < -0.3 is 0 Å². The van der Waals surface area contributed by atoms with Crippen LogP contribution in [0, 0.1) is 15.9 Å². The topological polar surface area (TPSA) is 78.0 Å². The lowest BCUT2D eigenvalue weighted by atomic mass is 10.2. The highest BCUT2D eigenvalue weighted by Gasteiger charge is 2.14. The van der Waals surface area contributed by atoms with Gasteiger partial charge in [-0.15, -0.1) is 0 Å². The van der Waals surface area contributed by atoms with Crippen LogP contribution in [-0.2, 0) is 5.75 Å². The van der Waals surface area contributed by atoms with Crippen molar-refractivity contribution in [2.24, 2.45) is 0 Å². The summed E-state index contributed by atoms with van der Waals surface area (Å²) in [5.41, 5.74) is 1.51. The molecule has 0 spiro atoms. The number of nitro benzene ring substituents is 1. The predicted octanol–water partition coefficient (Wildman–Crippen LogP) is 4.73. The lowest BCUT2D eigenvalue weighted by molar-refractivity contribution is -0.384. The van der Waals surface area contributed by atoms with E-state index < -0.39 is 10.7 Å². The fourth-order valence-corrected chi connectivity index (χ4v) is 3.88. The molecule has 4 aromatic rings. The second-order valence-corrected chi connectivity index (χ2v) is 7.19. The predicted molar refractivity (Wildman–Crippen MR) is 110 cm³/mol. The summed E-state index contributed by atoms with van der Waals surface area (Å²) in [6, 6.07) is 19.0. The van der Waals surface area contributed by atoms with Crippen molar-refractivity contribution in [3.05, 3.63) is 105 Å². The van der Waals surface area contributed by atoms with Crippen molar-refractivity contribution < 1.29 is 9.31 Å². The Morgan fingerprint density at radius 3 is 2.52 bits per heavy atom. The van der Waals surface area contributed by atoms with Crippen LogP contribution in [0.15, 0.2) is 82.7 Å². The molecule has 29 heavy (non-hydrogen) atoms. The van der Waals surface area contributed by atoms with Crippen LogP contribution in [0.3, 0.4) is 0 Å². The molecular formula is C21H14FN3O3S. The van der Waals surface area contributed by atoms with E-state index in [0.29, 0.717) is 27.5 Å². The van der Waals surface area contributed by atoms with E-state index in [-0.39, 0.29) is 11.2 Å². The number of fused-ring (bicyclic) bond motifs is 1. The number of aromatic nitrogens is 2. The van der Waals surface area contributed by atoms with Crippen LogP contribution in [0.5, 0.6) is 0 Å². The lowest BCUT2D eigenvalue weighted by Crippen LogP contribution is -2.21. The highest BCUT2D eigenvalue weighted by atomic mass is 32.2. The lowest BCUT2D eigenvalue weighted by Gasteiger charge is -2.13. The van der Waals surface area contributed by atoms with Gasteiger partial charge in [-0.25, -0.2) is 9.37 Å². The smallest absolute Gasteiger partial charge is 0.268 e. The zero-order valence-electron chi connectivity index (χ0n) is 15.0. The number of hydrogen-bond acceptors (Lipinski definition) is 5. The molecule has 0 bridgehead atoms. The molecule has 0 aliphatic heterocycles. The van der Waals surface area contributed by atoms with Crippen LogP contribution in [0.2, 0.25) is 0 Å². The first-order valence-corrected chi connectivity index (χ1v) is 9.65. The molecule has 0 unspecified atom stereocenters. The first kappa shape index (κ1) is 18.8. The van der Waals surface area contributed by atoms with E-state index in [1.165, 1.54) is 46.7 Å². The van der Waals surface area contributed by atoms with Gasteiger partial charge >= 0.3 is 0 Å². The van der Waals surface area contributed by atoms with E-state index in [1.54, 1.807) is 42.5 Å². The third-order valence-electron chi connectivity index (χ3n) is 4.33. The molecule has 0 aliphatic rings. The van der Waals surface area contributed by atoms with Crippen molar-refractivity contribution >= 4 is 28.4 Å². The molecule has 0 aliphatic carbocycles. The SMILES string of the molecule is O=c1c2ccccc2nc(SCc2ccc([N+](=O)[O-])cc2)n1-c1cccc(F)c1. The minimum atomic E-state index is -0.455. The standard InChI is InChI=1S/C21H14FN3O3S/c22-15-4-3-5-17(12-15)24-20(26)18-6-1-2-7-19(18)23-21(24)29-13-14-8-10-16(11-9-14)25(27)28/h1-12H,13H2. The van der Waals surface area contributed by atoms with Gasteiger partial charge in [-0.05, 0) is 35.9 Å². The van der Waals surface area contributed by atoms with E-state index >= 15 is 0 Å². The number of para-hydroxylation sites is 1. The Morgan fingerprint density at radius 2 is 1.79 bits per heavy atom. The van der Waals surface area contributed by atoms with Crippen molar-refractivity contribution in [1.29, 1.82) is 0 Å². The molecule has 0 saturated heterocycles. The first-order valence-electron chi connectivity index (χ1n) is 8.67. The molecule has 0 saturated carbocycles. The van der Waals surface area contributed by atoms with Crippen LogP contribution in [0.4, 0.5) is 10.1 Å². The molecule has 0 radical (unpaired) electrons. The summed E-state index contributed by atoms with van der Waals surface area (Å²) in [4.78, 5) is 28.1. The van der Waals surface area contributed by atoms with E-state index in [1.807, 2.05) is 0 Å². The average Bonchev–Trinajstić information content (AvgIpc) is 2.72. The molecule has 4 rings (SSSR count). The van der Waals surface area contributed by atoms with Crippen LogP contribution < -0.4 is 5.56 Å². The van der Waals surface area contributed by atoms with E-state index in [0.717, 1.165) is 5.56 Å². The van der Waals surface area contributed by atoms with Gasteiger partial charge in [-0.3, -0.25) is 19.5 Å². The Morgan fingerprint density at radius 1 is 1.03 bits per heavy atom. The maximum Gasteiger partial charge on any atom is 0.269 e. The monoisotopic (exact) mass is 407 g/mol. The Balaban J connectivity index is 1.77. The van der Waals surface area contributed by atoms with Gasteiger partial charge in [0.05, 0.1) is 21.5 Å². The third kappa shape index (κ3) is 3.88. The number of thioether (sulfide) groups is 1. The summed E-state index contributed by atoms with van der Waals surface area (Å²) in [5.74, 6) is -0.00756. The summed E-state index contributed by atoms with van der Waals surface area (Å²) >= 11 is 1.30. The Hall–Kier alpha value is -3.52. The van der Waals surface area contributed by atoms with Crippen molar-refractivity contribution in [3.8, 4) is 5.69 Å². The molecule has 3 aromatic carbocycles. The van der Waals surface area contributed by atoms with Gasteiger partial charge in [0.15, 0.2) is 5.16 Å². The molecule has 144 valence electrons. The Kier molecular flexibility index (Phi) is 5.09. The molecule has 0 N–H and O–H groups in total. The van der Waals surface area contributed by atoms with Crippen LogP contribution in [-0.4, -0.2) is 14.5 Å². The highest BCUT2D eigenvalue weighted by Crippen LogP contribution is 2.25. The maximum atomic E-state index is 13.8. The molecule has 1 heterocycles. The molecule has 0 amide bonds. The minimum absolute atomic E-state index is 0.0132. The number of non-ortho nitro benzene ring substituents is 1. The van der Waals surface area contributed by atoms with Crippen LogP contribution in [0.25, 0.3) is 16.6 Å². The van der Waals surface area contributed by atoms with E-state index in [9.17, 15) is 19.3 Å². The molecule has 6 nitrogen and oxygen atoms in total. The van der Waals surface area contributed by atoms with Gasteiger partial charge in [-0.1, -0.05) is 42.1 Å². The quantitative estimate of drug-likeness (QED) is 0.207.